The highest BCUT2D eigenvalue weighted by Crippen LogP contribution is 2.04. The van der Waals surface area contributed by atoms with Crippen LogP contribution < -0.4 is 0 Å². The Kier molecular flexibility index (Phi) is 5.77. The van der Waals surface area contributed by atoms with E-state index in [1.807, 2.05) is 6.55 Å². The number of rotatable bonds is 5. The summed E-state index contributed by atoms with van der Waals surface area (Å²) >= 11 is 0. The monoisotopic (exact) mass is 220 g/mol. The average molecular weight is 220 g/mol. The molecule has 0 rings (SSSR count). The fraction of sp³-hybridized carbons (Fsp3) is 1.00. The smallest absolute Gasteiger partial charge is 0.411 e. The predicted molar refractivity (Wildman–Crippen MR) is 49.7 cm³/mol. The highest BCUT2D eigenvalue weighted by atomic mass is 28.4. The Bertz CT molecular complexity index is 104. The maximum atomic E-state index is 5.66. The molecule has 0 aliphatic carbocycles. The first-order chi connectivity index (χ1) is 4.95. The Morgan fingerprint density at radius 1 is 1.36 bits per heavy atom. The van der Waals surface area contributed by atoms with E-state index in [1.54, 1.807) is 0 Å². The lowest BCUT2D eigenvalue weighted by molar-refractivity contribution is 0.404. The summed E-state index contributed by atoms with van der Waals surface area (Å²) in [5.74, 6) is 0. The van der Waals surface area contributed by atoms with Crippen LogP contribution in [0.15, 0.2) is 0 Å². The van der Waals surface area contributed by atoms with Gasteiger partial charge in [0, 0.05) is 0 Å². The van der Waals surface area contributed by atoms with Crippen LogP contribution in [0.1, 0.15) is 0 Å². The van der Waals surface area contributed by atoms with Crippen molar-refractivity contribution in [1.29, 1.82) is 0 Å². The van der Waals surface area contributed by atoms with Crippen LogP contribution in [0.25, 0.3) is 0 Å². The molecule has 0 aromatic heterocycles. The molecule has 0 spiro atoms. The van der Waals surface area contributed by atoms with E-state index in [-0.39, 0.29) is 10.0 Å². The van der Waals surface area contributed by atoms with Gasteiger partial charge in [0.15, 0.2) is 8.32 Å². The Balaban J connectivity index is 3.44. The van der Waals surface area contributed by atoms with Gasteiger partial charge in [-0.05, 0) is 26.2 Å². The lowest BCUT2D eigenvalue weighted by Gasteiger charge is -2.20. The van der Waals surface area contributed by atoms with Crippen LogP contribution in [0.4, 0.5) is 0 Å². The molecule has 0 aliphatic heterocycles. The second-order valence-corrected chi connectivity index (χ2v) is 10.8. The van der Waals surface area contributed by atoms with Crippen molar-refractivity contribution in [2.45, 2.75) is 26.2 Å². The molecule has 0 aromatic carbocycles. The van der Waals surface area contributed by atoms with Gasteiger partial charge in [0.1, 0.15) is 0 Å². The molecule has 0 saturated heterocycles. The van der Waals surface area contributed by atoms with Crippen LogP contribution in [-0.4, -0.2) is 38.1 Å². The van der Waals surface area contributed by atoms with Gasteiger partial charge in [0.2, 0.25) is 10.5 Å². The Hall–Kier alpha value is 0.748. The van der Waals surface area contributed by atoms with E-state index in [0.717, 1.165) is 0 Å². The maximum Gasteiger partial charge on any atom is 0.411 e. The normalized spacial score (nSPS) is 12.5. The quantitative estimate of drug-likeness (QED) is 0.636. The lowest BCUT2D eigenvalue weighted by Crippen LogP contribution is -2.35. The first-order valence-electron chi connectivity index (χ1n) is 3.22. The fourth-order valence-corrected chi connectivity index (χ4v) is 5.53. The van der Waals surface area contributed by atoms with Crippen LogP contribution in [0.2, 0.25) is 26.2 Å². The van der Waals surface area contributed by atoms with E-state index in [4.69, 9.17) is 8.23 Å². The molecule has 0 saturated carbocycles. The molecule has 62 valence electrons. The third kappa shape index (κ3) is 8.66. The topological polar surface area (TPSA) is 27.7 Å². The van der Waals surface area contributed by atoms with Gasteiger partial charge in [-0.15, -0.1) is 0 Å². The molecule has 0 amide bonds. The third-order valence-electron chi connectivity index (χ3n) is 0.677. The first kappa shape index (κ1) is 11.7. The molecule has 0 N–H and O–H groups in total. The van der Waals surface area contributed by atoms with Crippen molar-refractivity contribution in [3.05, 3.63) is 0 Å². The second-order valence-electron chi connectivity index (χ2n) is 2.99. The van der Waals surface area contributed by atoms with Crippen LogP contribution >= 0.6 is 0 Å². The molecule has 0 unspecified atom stereocenters. The predicted octanol–water partition coefficient (Wildman–Crippen LogP) is 0.607. The highest BCUT2D eigenvalue weighted by Gasteiger charge is 2.20. The molecule has 0 aliphatic rings. The minimum Gasteiger partial charge on any atom is -0.436 e. The van der Waals surface area contributed by atoms with Gasteiger partial charge < -0.3 is 12.3 Å². The fourth-order valence-electron chi connectivity index (χ4n) is 0.532. The molecular formula is C4H12O3Si4. The molecule has 11 heavy (non-hydrogen) atoms. The SMILES string of the molecule is C[Si](O[Si]O[Si])O[Si](C)(C)C. The van der Waals surface area contributed by atoms with E-state index in [2.05, 4.69) is 34.2 Å². The van der Waals surface area contributed by atoms with Gasteiger partial charge in [0.05, 0.1) is 0 Å². The molecule has 0 heterocycles. The molecular weight excluding hydrogens is 208 g/mol. The Morgan fingerprint density at radius 2 is 1.91 bits per heavy atom. The number of hydrogen-bond donors (Lipinski definition) is 0. The first-order valence-corrected chi connectivity index (χ1v) is 9.67. The van der Waals surface area contributed by atoms with Gasteiger partial charge in [-0.2, -0.15) is 0 Å². The largest absolute Gasteiger partial charge is 0.436 e. The van der Waals surface area contributed by atoms with Gasteiger partial charge in [-0.3, -0.25) is 0 Å². The summed E-state index contributed by atoms with van der Waals surface area (Å²) < 4.78 is 15.5. The van der Waals surface area contributed by atoms with Crippen molar-refractivity contribution in [3.63, 3.8) is 0 Å². The van der Waals surface area contributed by atoms with Crippen molar-refractivity contribution < 1.29 is 12.3 Å². The summed E-state index contributed by atoms with van der Waals surface area (Å²) in [6, 6.07) is 0. The lowest BCUT2D eigenvalue weighted by atomic mass is 11.8. The summed E-state index contributed by atoms with van der Waals surface area (Å²) in [6.45, 7) is 8.40. The summed E-state index contributed by atoms with van der Waals surface area (Å²) in [5.41, 5.74) is 0. The standard InChI is InChI=1S/C4H12O3Si4/c1-10(6-9-5-8)7-11(2,3)4/h1-4H3. The average Bonchev–Trinajstić information content (AvgIpc) is 1.79. The molecule has 0 fully saturated rings. The Labute approximate surface area is 77.0 Å². The van der Waals surface area contributed by atoms with Crippen molar-refractivity contribution >= 4 is 38.1 Å². The van der Waals surface area contributed by atoms with Crippen LogP contribution in [0, 0.1) is 0 Å². The molecule has 0 atom stereocenters. The van der Waals surface area contributed by atoms with E-state index >= 15 is 0 Å². The number of hydrogen-bond acceptors (Lipinski definition) is 3. The highest BCUT2D eigenvalue weighted by molar-refractivity contribution is 6.76. The van der Waals surface area contributed by atoms with Crippen LogP contribution in [-0.2, 0) is 12.3 Å². The van der Waals surface area contributed by atoms with E-state index in [9.17, 15) is 0 Å². The maximum absolute atomic E-state index is 5.66. The van der Waals surface area contributed by atoms with Crippen molar-refractivity contribution in [1.82, 2.24) is 0 Å². The zero-order valence-electron chi connectivity index (χ0n) is 7.22. The molecule has 7 heteroatoms. The van der Waals surface area contributed by atoms with Crippen molar-refractivity contribution in [2.24, 2.45) is 0 Å². The van der Waals surface area contributed by atoms with Crippen molar-refractivity contribution in [2.75, 3.05) is 0 Å². The zero-order chi connectivity index (χ0) is 8.91. The van der Waals surface area contributed by atoms with Gasteiger partial charge in [0.25, 0.3) is 0 Å². The molecule has 0 aromatic rings. The van der Waals surface area contributed by atoms with E-state index < -0.39 is 17.6 Å². The summed E-state index contributed by atoms with van der Waals surface area (Å²) in [6.07, 6.45) is 0. The van der Waals surface area contributed by atoms with Crippen LogP contribution in [0.5, 0.6) is 0 Å². The molecule has 3 nitrogen and oxygen atoms in total. The minimum absolute atomic E-state index is 0.0372. The molecule has 0 bridgehead atoms. The minimum atomic E-state index is -1.42. The van der Waals surface area contributed by atoms with Gasteiger partial charge in [-0.25, -0.2) is 0 Å². The Morgan fingerprint density at radius 3 is 2.27 bits per heavy atom. The van der Waals surface area contributed by atoms with Crippen molar-refractivity contribution in [3.8, 4) is 0 Å². The van der Waals surface area contributed by atoms with Gasteiger partial charge >= 0.3 is 19.3 Å². The third-order valence-corrected chi connectivity index (χ3v) is 6.09. The van der Waals surface area contributed by atoms with E-state index in [1.165, 1.54) is 0 Å². The van der Waals surface area contributed by atoms with Crippen LogP contribution in [0.3, 0.4) is 0 Å². The summed E-state index contributed by atoms with van der Waals surface area (Å²) in [7, 11) is 0.389. The molecule has 6 radical (unpaired) electrons. The zero-order valence-corrected chi connectivity index (χ0v) is 11.2. The second kappa shape index (κ2) is 5.40. The summed E-state index contributed by atoms with van der Waals surface area (Å²) in [5, 5.41) is 0. The van der Waals surface area contributed by atoms with Gasteiger partial charge in [-0.1, -0.05) is 0 Å². The summed E-state index contributed by atoms with van der Waals surface area (Å²) in [4.78, 5) is 0. The van der Waals surface area contributed by atoms with E-state index in [0.29, 0.717) is 0 Å².